The number of halogens is 3. The van der Waals surface area contributed by atoms with Crippen molar-refractivity contribution in [1.82, 2.24) is 5.32 Å². The zero-order valence-electron chi connectivity index (χ0n) is 7.86. The van der Waals surface area contributed by atoms with E-state index in [1.807, 2.05) is 6.92 Å². The van der Waals surface area contributed by atoms with Crippen molar-refractivity contribution in [3.63, 3.8) is 0 Å². The Kier molecular flexibility index (Phi) is 4.29. The van der Waals surface area contributed by atoms with E-state index in [4.69, 9.17) is 11.6 Å². The minimum atomic E-state index is -0.528. The van der Waals surface area contributed by atoms with Crippen LogP contribution in [0.3, 0.4) is 0 Å². The number of alkyl halides is 1. The van der Waals surface area contributed by atoms with Gasteiger partial charge >= 0.3 is 0 Å². The molecule has 0 saturated carbocycles. The van der Waals surface area contributed by atoms with Crippen molar-refractivity contribution in [3.8, 4) is 0 Å². The van der Waals surface area contributed by atoms with E-state index in [1.54, 1.807) is 0 Å². The quantitative estimate of drug-likeness (QED) is 0.768. The van der Waals surface area contributed by atoms with Crippen LogP contribution in [0.2, 0.25) is 0 Å². The van der Waals surface area contributed by atoms with Crippen LogP contribution in [0, 0.1) is 11.6 Å². The normalized spacial score (nSPS) is 12.9. The highest BCUT2D eigenvalue weighted by Gasteiger charge is 2.08. The van der Waals surface area contributed by atoms with Gasteiger partial charge in [0.25, 0.3) is 0 Å². The Balaban J connectivity index is 2.66. The van der Waals surface area contributed by atoms with Gasteiger partial charge < -0.3 is 5.32 Å². The average Bonchev–Trinajstić information content (AvgIpc) is 2.16. The lowest BCUT2D eigenvalue weighted by atomic mass is 10.2. The molecule has 1 nitrogen and oxygen atoms in total. The van der Waals surface area contributed by atoms with Gasteiger partial charge in [0, 0.05) is 24.0 Å². The van der Waals surface area contributed by atoms with Crippen molar-refractivity contribution in [2.24, 2.45) is 0 Å². The molecule has 0 aromatic heterocycles. The molecule has 0 amide bonds. The van der Waals surface area contributed by atoms with Gasteiger partial charge in [-0.1, -0.05) is 6.07 Å². The highest BCUT2D eigenvalue weighted by Crippen LogP contribution is 2.11. The van der Waals surface area contributed by atoms with Crippen LogP contribution in [-0.4, -0.2) is 11.9 Å². The summed E-state index contributed by atoms with van der Waals surface area (Å²) in [6.07, 6.45) is 0. The molecule has 1 N–H and O–H groups in total. The van der Waals surface area contributed by atoms with E-state index in [9.17, 15) is 8.78 Å². The molecule has 0 radical (unpaired) electrons. The highest BCUT2D eigenvalue weighted by atomic mass is 35.5. The van der Waals surface area contributed by atoms with Gasteiger partial charge in [0.1, 0.15) is 11.6 Å². The summed E-state index contributed by atoms with van der Waals surface area (Å²) >= 11 is 5.55. The Morgan fingerprint density at radius 2 is 1.93 bits per heavy atom. The van der Waals surface area contributed by atoms with Crippen molar-refractivity contribution in [2.45, 2.75) is 19.5 Å². The van der Waals surface area contributed by atoms with Gasteiger partial charge in [0.05, 0.1) is 0 Å². The predicted octanol–water partition coefficient (Wildman–Crippen LogP) is 2.68. The second-order valence-electron chi connectivity index (χ2n) is 3.14. The third-order valence-electron chi connectivity index (χ3n) is 1.92. The van der Waals surface area contributed by atoms with E-state index in [0.717, 1.165) is 0 Å². The van der Waals surface area contributed by atoms with Crippen molar-refractivity contribution in [1.29, 1.82) is 0 Å². The van der Waals surface area contributed by atoms with E-state index < -0.39 is 11.6 Å². The summed E-state index contributed by atoms with van der Waals surface area (Å²) in [7, 11) is 0. The molecule has 1 unspecified atom stereocenters. The van der Waals surface area contributed by atoms with Crippen LogP contribution < -0.4 is 5.32 Å². The van der Waals surface area contributed by atoms with Crippen LogP contribution in [0.25, 0.3) is 0 Å². The maximum Gasteiger partial charge on any atom is 0.130 e. The van der Waals surface area contributed by atoms with Crippen LogP contribution in [0.4, 0.5) is 8.78 Å². The fourth-order valence-electron chi connectivity index (χ4n) is 1.03. The summed E-state index contributed by atoms with van der Waals surface area (Å²) in [5.41, 5.74) is 0.0597. The largest absolute Gasteiger partial charge is 0.309 e. The summed E-state index contributed by atoms with van der Waals surface area (Å²) in [6.45, 7) is 2.01. The van der Waals surface area contributed by atoms with E-state index in [-0.39, 0.29) is 18.2 Å². The molecule has 1 rings (SSSR count). The van der Waals surface area contributed by atoms with Crippen LogP contribution in [0.15, 0.2) is 18.2 Å². The van der Waals surface area contributed by atoms with Crippen LogP contribution in [0.5, 0.6) is 0 Å². The molecule has 4 heteroatoms. The van der Waals surface area contributed by atoms with Crippen LogP contribution in [0.1, 0.15) is 12.5 Å². The number of rotatable bonds is 4. The molecule has 0 aliphatic rings. The fraction of sp³-hybridized carbons (Fsp3) is 0.400. The van der Waals surface area contributed by atoms with Gasteiger partial charge in [0.2, 0.25) is 0 Å². The Hall–Kier alpha value is -0.670. The van der Waals surface area contributed by atoms with E-state index >= 15 is 0 Å². The first-order valence-electron chi connectivity index (χ1n) is 4.37. The zero-order valence-corrected chi connectivity index (χ0v) is 8.61. The second-order valence-corrected chi connectivity index (χ2v) is 3.45. The smallest absolute Gasteiger partial charge is 0.130 e. The lowest BCUT2D eigenvalue weighted by Gasteiger charge is -2.11. The number of nitrogens with one attached hydrogen (secondary N) is 1. The molecule has 0 saturated heterocycles. The van der Waals surface area contributed by atoms with Gasteiger partial charge in [-0.05, 0) is 19.1 Å². The Bertz CT molecular complexity index is 284. The maximum absolute atomic E-state index is 13.1. The summed E-state index contributed by atoms with van der Waals surface area (Å²) in [6, 6.07) is 3.87. The SMILES string of the molecule is CC(CCl)NCc1c(F)cccc1F. The van der Waals surface area contributed by atoms with Crippen molar-refractivity contribution >= 4 is 11.6 Å². The first-order valence-corrected chi connectivity index (χ1v) is 4.91. The van der Waals surface area contributed by atoms with Crippen molar-refractivity contribution < 1.29 is 8.78 Å². The number of hydrogen-bond acceptors (Lipinski definition) is 1. The number of hydrogen-bond donors (Lipinski definition) is 1. The van der Waals surface area contributed by atoms with Gasteiger partial charge in [0.15, 0.2) is 0 Å². The van der Waals surface area contributed by atoms with Crippen molar-refractivity contribution in [3.05, 3.63) is 35.4 Å². The maximum atomic E-state index is 13.1. The monoisotopic (exact) mass is 219 g/mol. The third-order valence-corrected chi connectivity index (χ3v) is 2.38. The minimum absolute atomic E-state index is 0.0377. The second kappa shape index (κ2) is 5.27. The zero-order chi connectivity index (χ0) is 10.6. The molecule has 0 spiro atoms. The van der Waals surface area contributed by atoms with E-state index in [2.05, 4.69) is 5.32 Å². The first kappa shape index (κ1) is 11.4. The fourth-order valence-corrected chi connectivity index (χ4v) is 1.14. The lowest BCUT2D eigenvalue weighted by Crippen LogP contribution is -2.27. The summed E-state index contributed by atoms with van der Waals surface area (Å²) in [5.74, 6) is -0.644. The summed E-state index contributed by atoms with van der Waals surface area (Å²) < 4.78 is 26.2. The van der Waals surface area contributed by atoms with E-state index in [1.165, 1.54) is 18.2 Å². The standard InChI is InChI=1S/C10H12ClF2N/c1-7(5-11)14-6-8-9(12)3-2-4-10(8)13/h2-4,7,14H,5-6H2,1H3. The molecular weight excluding hydrogens is 208 g/mol. The average molecular weight is 220 g/mol. The highest BCUT2D eigenvalue weighted by molar-refractivity contribution is 6.18. The molecule has 0 heterocycles. The molecule has 0 bridgehead atoms. The van der Waals surface area contributed by atoms with E-state index in [0.29, 0.717) is 5.88 Å². The van der Waals surface area contributed by atoms with Crippen LogP contribution >= 0.6 is 11.6 Å². The Morgan fingerprint density at radius 1 is 1.36 bits per heavy atom. The van der Waals surface area contributed by atoms with Gasteiger partial charge in [-0.15, -0.1) is 11.6 Å². The van der Waals surface area contributed by atoms with Gasteiger partial charge in [-0.3, -0.25) is 0 Å². The molecule has 78 valence electrons. The molecule has 1 aromatic carbocycles. The molecule has 0 aliphatic heterocycles. The Labute approximate surface area is 87.1 Å². The molecule has 1 atom stereocenters. The topological polar surface area (TPSA) is 12.0 Å². The van der Waals surface area contributed by atoms with Gasteiger partial charge in [-0.25, -0.2) is 8.78 Å². The Morgan fingerprint density at radius 3 is 2.43 bits per heavy atom. The molecule has 1 aromatic rings. The summed E-state index contributed by atoms with van der Waals surface area (Å²) in [5, 5.41) is 2.92. The first-order chi connectivity index (χ1) is 6.65. The molecular formula is C10H12ClF2N. The minimum Gasteiger partial charge on any atom is -0.309 e. The molecule has 0 aliphatic carbocycles. The van der Waals surface area contributed by atoms with Crippen molar-refractivity contribution in [2.75, 3.05) is 5.88 Å². The molecule has 0 fully saturated rings. The van der Waals surface area contributed by atoms with Crippen LogP contribution in [-0.2, 0) is 6.54 Å². The molecule has 14 heavy (non-hydrogen) atoms. The predicted molar refractivity (Wildman–Crippen MR) is 53.4 cm³/mol. The number of benzene rings is 1. The lowest BCUT2D eigenvalue weighted by molar-refractivity contribution is 0.516. The third kappa shape index (κ3) is 2.93. The summed E-state index contributed by atoms with van der Waals surface area (Å²) in [4.78, 5) is 0. The van der Waals surface area contributed by atoms with Gasteiger partial charge in [-0.2, -0.15) is 0 Å².